The van der Waals surface area contributed by atoms with Crippen LogP contribution in [-0.4, -0.2) is 24.7 Å². The van der Waals surface area contributed by atoms with E-state index in [9.17, 15) is 4.79 Å². The van der Waals surface area contributed by atoms with E-state index in [0.717, 1.165) is 11.1 Å². The topological polar surface area (TPSA) is 54.0 Å². The third kappa shape index (κ3) is 5.44. The number of carbonyl (C=O) groups is 1. The SMILES string of the molecule is C[C@H]1O[C@H](OCc2ccccc2)C=C[C@@H]1OC(=O)OCc1ccccc1. The lowest BCUT2D eigenvalue weighted by Gasteiger charge is -2.29. The summed E-state index contributed by atoms with van der Waals surface area (Å²) in [6, 6.07) is 19.3. The molecule has 0 N–H and O–H groups in total. The van der Waals surface area contributed by atoms with Gasteiger partial charge in [-0.25, -0.2) is 4.79 Å². The van der Waals surface area contributed by atoms with E-state index in [-0.39, 0.29) is 12.7 Å². The molecule has 3 rings (SSSR count). The zero-order valence-electron chi connectivity index (χ0n) is 14.6. The van der Waals surface area contributed by atoms with E-state index < -0.39 is 18.5 Å². The summed E-state index contributed by atoms with van der Waals surface area (Å²) in [6.45, 7) is 2.46. The van der Waals surface area contributed by atoms with Gasteiger partial charge in [0.05, 0.1) is 12.7 Å². The van der Waals surface area contributed by atoms with E-state index in [1.807, 2.05) is 67.6 Å². The maximum Gasteiger partial charge on any atom is 0.509 e. The van der Waals surface area contributed by atoms with Gasteiger partial charge in [0.25, 0.3) is 0 Å². The Balaban J connectivity index is 1.44. The van der Waals surface area contributed by atoms with Crippen molar-refractivity contribution in [2.75, 3.05) is 0 Å². The van der Waals surface area contributed by atoms with Crippen LogP contribution in [0.15, 0.2) is 72.8 Å². The fourth-order valence-electron chi connectivity index (χ4n) is 2.54. The largest absolute Gasteiger partial charge is 0.509 e. The quantitative estimate of drug-likeness (QED) is 0.574. The molecule has 0 unspecified atom stereocenters. The van der Waals surface area contributed by atoms with Crippen molar-refractivity contribution in [2.45, 2.75) is 38.6 Å². The summed E-state index contributed by atoms with van der Waals surface area (Å²) in [6.07, 6.45) is 1.50. The van der Waals surface area contributed by atoms with Gasteiger partial charge in [-0.3, -0.25) is 0 Å². The van der Waals surface area contributed by atoms with Gasteiger partial charge in [-0.05, 0) is 30.2 Å². The summed E-state index contributed by atoms with van der Waals surface area (Å²) in [5.74, 6) is 0. The molecule has 0 saturated heterocycles. The van der Waals surface area contributed by atoms with Crippen molar-refractivity contribution >= 4 is 6.16 Å². The highest BCUT2D eigenvalue weighted by atomic mass is 16.7. The molecule has 0 aromatic heterocycles. The van der Waals surface area contributed by atoms with Gasteiger partial charge in [-0.2, -0.15) is 0 Å². The van der Waals surface area contributed by atoms with E-state index in [4.69, 9.17) is 18.9 Å². The van der Waals surface area contributed by atoms with Crippen molar-refractivity contribution < 1.29 is 23.7 Å². The normalized spacial score (nSPS) is 22.0. The fraction of sp³-hybridized carbons (Fsp3) is 0.286. The number of benzene rings is 2. The minimum atomic E-state index is -0.720. The molecule has 136 valence electrons. The van der Waals surface area contributed by atoms with Gasteiger partial charge in [-0.1, -0.05) is 60.7 Å². The lowest BCUT2D eigenvalue weighted by atomic mass is 10.1. The molecule has 0 radical (unpaired) electrons. The first kappa shape index (κ1) is 18.2. The maximum absolute atomic E-state index is 11.9. The van der Waals surface area contributed by atoms with Crippen molar-refractivity contribution in [1.29, 1.82) is 0 Å². The van der Waals surface area contributed by atoms with Crippen molar-refractivity contribution in [3.8, 4) is 0 Å². The monoisotopic (exact) mass is 354 g/mol. The molecule has 1 heterocycles. The average Bonchev–Trinajstić information content (AvgIpc) is 2.68. The Kier molecular flexibility index (Phi) is 6.41. The van der Waals surface area contributed by atoms with Crippen LogP contribution in [-0.2, 0) is 32.2 Å². The summed E-state index contributed by atoms with van der Waals surface area (Å²) in [7, 11) is 0. The molecule has 2 aromatic rings. The van der Waals surface area contributed by atoms with Crippen LogP contribution in [0.4, 0.5) is 4.79 Å². The van der Waals surface area contributed by atoms with Crippen LogP contribution in [0.25, 0.3) is 0 Å². The number of hydrogen-bond donors (Lipinski definition) is 0. The van der Waals surface area contributed by atoms with Crippen LogP contribution in [0, 0.1) is 0 Å². The molecule has 1 aliphatic heterocycles. The highest BCUT2D eigenvalue weighted by molar-refractivity contribution is 5.60. The first-order valence-corrected chi connectivity index (χ1v) is 8.57. The smallest absolute Gasteiger partial charge is 0.429 e. The van der Waals surface area contributed by atoms with Gasteiger partial charge < -0.3 is 18.9 Å². The van der Waals surface area contributed by atoms with Crippen LogP contribution >= 0.6 is 0 Å². The van der Waals surface area contributed by atoms with E-state index in [1.165, 1.54) is 0 Å². The van der Waals surface area contributed by atoms with Gasteiger partial charge in [0.1, 0.15) is 12.7 Å². The van der Waals surface area contributed by atoms with Gasteiger partial charge in [0, 0.05) is 0 Å². The highest BCUT2D eigenvalue weighted by Gasteiger charge is 2.27. The molecule has 5 nitrogen and oxygen atoms in total. The first-order chi connectivity index (χ1) is 12.7. The summed E-state index contributed by atoms with van der Waals surface area (Å²) in [4.78, 5) is 11.9. The molecule has 0 spiro atoms. The van der Waals surface area contributed by atoms with E-state index in [0.29, 0.717) is 6.61 Å². The Labute approximate surface area is 153 Å². The second kappa shape index (κ2) is 9.17. The van der Waals surface area contributed by atoms with Crippen molar-refractivity contribution in [1.82, 2.24) is 0 Å². The molecule has 5 heteroatoms. The summed E-state index contributed by atoms with van der Waals surface area (Å²) >= 11 is 0. The standard InChI is InChI=1S/C21H22O5/c1-16-19(26-21(22)24-15-18-10-6-3-7-11-18)12-13-20(25-16)23-14-17-8-4-2-5-9-17/h2-13,16,19-20H,14-15H2,1H3/t16-,19+,20+/m1/s1. The van der Waals surface area contributed by atoms with Crippen molar-refractivity contribution in [2.24, 2.45) is 0 Å². The molecule has 0 fully saturated rings. The van der Waals surface area contributed by atoms with Crippen LogP contribution in [0.3, 0.4) is 0 Å². The van der Waals surface area contributed by atoms with E-state index >= 15 is 0 Å². The Morgan fingerprint density at radius 2 is 1.54 bits per heavy atom. The van der Waals surface area contributed by atoms with Gasteiger partial charge >= 0.3 is 6.16 Å². The zero-order valence-corrected chi connectivity index (χ0v) is 14.6. The molecule has 0 bridgehead atoms. The lowest BCUT2D eigenvalue weighted by Crippen LogP contribution is -2.37. The predicted molar refractivity (Wildman–Crippen MR) is 96.2 cm³/mol. The summed E-state index contributed by atoms with van der Waals surface area (Å²) < 4.78 is 21.9. The van der Waals surface area contributed by atoms with Gasteiger partial charge in [0.15, 0.2) is 6.29 Å². The van der Waals surface area contributed by atoms with Crippen LogP contribution in [0.2, 0.25) is 0 Å². The van der Waals surface area contributed by atoms with E-state index in [1.54, 1.807) is 12.2 Å². The second-order valence-electron chi connectivity index (χ2n) is 6.00. The molecule has 1 aliphatic rings. The Hall–Kier alpha value is -2.63. The molecule has 0 saturated carbocycles. The molecule has 2 aromatic carbocycles. The van der Waals surface area contributed by atoms with Gasteiger partial charge in [-0.15, -0.1) is 0 Å². The molecular weight excluding hydrogens is 332 g/mol. The average molecular weight is 354 g/mol. The Morgan fingerprint density at radius 3 is 2.15 bits per heavy atom. The summed E-state index contributed by atoms with van der Waals surface area (Å²) in [5.41, 5.74) is 1.97. The minimum Gasteiger partial charge on any atom is -0.429 e. The molecule has 0 amide bonds. The van der Waals surface area contributed by atoms with Crippen molar-refractivity contribution in [3.63, 3.8) is 0 Å². The summed E-state index contributed by atoms with van der Waals surface area (Å²) in [5, 5.41) is 0. The van der Waals surface area contributed by atoms with Crippen LogP contribution < -0.4 is 0 Å². The number of ether oxygens (including phenoxy) is 4. The minimum absolute atomic E-state index is 0.175. The molecule has 26 heavy (non-hydrogen) atoms. The van der Waals surface area contributed by atoms with Crippen LogP contribution in [0.5, 0.6) is 0 Å². The maximum atomic E-state index is 11.9. The molecular formula is C21H22O5. The Morgan fingerprint density at radius 1 is 0.923 bits per heavy atom. The predicted octanol–water partition coefficient (Wildman–Crippen LogP) is 4.23. The van der Waals surface area contributed by atoms with Crippen molar-refractivity contribution in [3.05, 3.63) is 83.9 Å². The molecule has 0 aliphatic carbocycles. The highest BCUT2D eigenvalue weighted by Crippen LogP contribution is 2.18. The fourth-order valence-corrected chi connectivity index (χ4v) is 2.54. The first-order valence-electron chi connectivity index (χ1n) is 8.57. The third-order valence-electron chi connectivity index (χ3n) is 3.96. The lowest BCUT2D eigenvalue weighted by molar-refractivity contribution is -0.173. The number of rotatable bonds is 6. The zero-order chi connectivity index (χ0) is 18.2. The second-order valence-corrected chi connectivity index (χ2v) is 6.00. The Bertz CT molecular complexity index is 714. The molecule has 3 atom stereocenters. The third-order valence-corrected chi connectivity index (χ3v) is 3.96. The van der Waals surface area contributed by atoms with Gasteiger partial charge in [0.2, 0.25) is 0 Å². The van der Waals surface area contributed by atoms with E-state index in [2.05, 4.69) is 0 Å². The van der Waals surface area contributed by atoms with Crippen LogP contribution in [0.1, 0.15) is 18.1 Å². The number of hydrogen-bond acceptors (Lipinski definition) is 5. The number of carbonyl (C=O) groups excluding carboxylic acids is 1.